The van der Waals surface area contributed by atoms with Crippen LogP contribution in [0.15, 0.2) is 4.52 Å². The molecular weight excluding hydrogens is 332 g/mol. The first-order valence-corrected chi connectivity index (χ1v) is 9.45. The second-order valence-electron chi connectivity index (χ2n) is 7.03. The van der Waals surface area contributed by atoms with Crippen LogP contribution in [0.4, 0.5) is 5.82 Å². The van der Waals surface area contributed by atoms with Crippen molar-refractivity contribution in [2.24, 2.45) is 5.92 Å². The Morgan fingerprint density at radius 1 is 1.15 bits per heavy atom. The van der Waals surface area contributed by atoms with Crippen molar-refractivity contribution in [2.75, 3.05) is 32.1 Å². The summed E-state index contributed by atoms with van der Waals surface area (Å²) >= 11 is 0. The molecule has 2 aromatic heterocycles. The number of anilines is 1. The largest absolute Gasteiger partial charge is 0.377 e. The Kier molecular flexibility index (Phi) is 5.40. The molecule has 0 spiro atoms. The SMILES string of the molecule is COCc1noc(CCNc2nc(CC3CC3)nc3c2CCNCC3)n1. The second-order valence-corrected chi connectivity index (χ2v) is 7.03. The number of hydrogen-bond donors (Lipinski definition) is 2. The van der Waals surface area contributed by atoms with Crippen LogP contribution in [-0.4, -0.2) is 46.9 Å². The summed E-state index contributed by atoms with van der Waals surface area (Å²) in [6.45, 7) is 3.02. The standard InChI is InChI=1S/C18H26N6O2/c1-25-11-16-22-17(26-24-16)6-9-20-18-13-4-7-19-8-5-14(13)21-15(23-18)10-12-2-3-12/h12,19H,2-11H2,1H3,(H,20,21,23). The van der Waals surface area contributed by atoms with Crippen molar-refractivity contribution in [1.82, 2.24) is 25.4 Å². The Balaban J connectivity index is 1.44. The van der Waals surface area contributed by atoms with Crippen molar-refractivity contribution in [2.45, 2.75) is 45.1 Å². The van der Waals surface area contributed by atoms with Gasteiger partial charge in [-0.2, -0.15) is 4.98 Å². The summed E-state index contributed by atoms with van der Waals surface area (Å²) < 4.78 is 10.3. The summed E-state index contributed by atoms with van der Waals surface area (Å²) in [5.41, 5.74) is 2.45. The summed E-state index contributed by atoms with van der Waals surface area (Å²) in [7, 11) is 1.62. The van der Waals surface area contributed by atoms with Gasteiger partial charge in [-0.3, -0.25) is 0 Å². The highest BCUT2D eigenvalue weighted by Crippen LogP contribution is 2.32. The lowest BCUT2D eigenvalue weighted by Crippen LogP contribution is -2.16. The van der Waals surface area contributed by atoms with E-state index in [-0.39, 0.29) is 0 Å². The number of aromatic nitrogens is 4. The average Bonchev–Trinajstić information content (AvgIpc) is 3.38. The molecule has 3 heterocycles. The van der Waals surface area contributed by atoms with E-state index in [1.165, 1.54) is 24.1 Å². The minimum Gasteiger partial charge on any atom is -0.377 e. The minimum atomic E-state index is 0.369. The molecule has 0 radical (unpaired) electrons. The van der Waals surface area contributed by atoms with E-state index < -0.39 is 0 Å². The van der Waals surface area contributed by atoms with Crippen LogP contribution in [0.1, 0.15) is 41.6 Å². The predicted molar refractivity (Wildman–Crippen MR) is 95.9 cm³/mol. The van der Waals surface area contributed by atoms with Gasteiger partial charge in [0.05, 0.1) is 5.69 Å². The number of rotatable bonds is 8. The van der Waals surface area contributed by atoms with E-state index in [9.17, 15) is 0 Å². The summed E-state index contributed by atoms with van der Waals surface area (Å²) in [5.74, 6) is 3.94. The molecule has 1 aliphatic heterocycles. The zero-order chi connectivity index (χ0) is 17.8. The van der Waals surface area contributed by atoms with E-state index in [0.29, 0.717) is 31.3 Å². The normalized spacial score (nSPS) is 17.0. The molecule has 4 rings (SSSR count). The van der Waals surface area contributed by atoms with Crippen LogP contribution in [0.5, 0.6) is 0 Å². The topological polar surface area (TPSA) is 98.0 Å². The highest BCUT2D eigenvalue weighted by molar-refractivity contribution is 5.47. The second kappa shape index (κ2) is 8.09. The molecule has 0 bridgehead atoms. The van der Waals surface area contributed by atoms with Crippen LogP contribution in [0, 0.1) is 5.92 Å². The maximum absolute atomic E-state index is 5.25. The third kappa shape index (κ3) is 4.37. The van der Waals surface area contributed by atoms with Gasteiger partial charge in [0.2, 0.25) is 5.89 Å². The first kappa shape index (κ1) is 17.4. The molecule has 0 aromatic carbocycles. The van der Waals surface area contributed by atoms with Crippen LogP contribution in [0.3, 0.4) is 0 Å². The maximum Gasteiger partial charge on any atom is 0.228 e. The Morgan fingerprint density at radius 3 is 2.88 bits per heavy atom. The molecule has 2 aromatic rings. The Bertz CT molecular complexity index is 743. The molecule has 2 aliphatic rings. The Hall–Kier alpha value is -2.06. The molecule has 8 heteroatoms. The van der Waals surface area contributed by atoms with Crippen LogP contribution in [0.2, 0.25) is 0 Å². The first-order chi connectivity index (χ1) is 12.8. The van der Waals surface area contributed by atoms with Crippen molar-refractivity contribution in [3.63, 3.8) is 0 Å². The molecule has 0 amide bonds. The van der Waals surface area contributed by atoms with Crippen LogP contribution in [-0.2, 0) is 37.0 Å². The molecule has 8 nitrogen and oxygen atoms in total. The Labute approximate surface area is 153 Å². The number of nitrogens with zero attached hydrogens (tertiary/aromatic N) is 4. The van der Waals surface area contributed by atoms with Crippen LogP contribution in [0.25, 0.3) is 0 Å². The van der Waals surface area contributed by atoms with Gasteiger partial charge in [-0.25, -0.2) is 9.97 Å². The van der Waals surface area contributed by atoms with E-state index in [4.69, 9.17) is 19.2 Å². The summed E-state index contributed by atoms with van der Waals surface area (Å²) in [5, 5.41) is 10.8. The van der Waals surface area contributed by atoms with E-state index in [0.717, 1.165) is 49.9 Å². The van der Waals surface area contributed by atoms with Crippen LogP contribution < -0.4 is 10.6 Å². The summed E-state index contributed by atoms with van der Waals surface area (Å²) in [4.78, 5) is 14.0. The van der Waals surface area contributed by atoms with Crippen molar-refractivity contribution in [3.05, 3.63) is 28.8 Å². The Morgan fingerprint density at radius 2 is 2.04 bits per heavy atom. The lowest BCUT2D eigenvalue weighted by molar-refractivity contribution is 0.174. The zero-order valence-corrected chi connectivity index (χ0v) is 15.3. The first-order valence-electron chi connectivity index (χ1n) is 9.45. The average molecular weight is 358 g/mol. The van der Waals surface area contributed by atoms with E-state index in [2.05, 4.69) is 20.8 Å². The van der Waals surface area contributed by atoms with E-state index >= 15 is 0 Å². The number of fused-ring (bicyclic) bond motifs is 1. The molecule has 0 atom stereocenters. The summed E-state index contributed by atoms with van der Waals surface area (Å²) in [6.07, 6.45) is 6.21. The molecule has 2 N–H and O–H groups in total. The molecule has 0 unspecified atom stereocenters. The molecule has 0 saturated heterocycles. The minimum absolute atomic E-state index is 0.369. The van der Waals surface area contributed by atoms with Gasteiger partial charge in [-0.15, -0.1) is 0 Å². The summed E-state index contributed by atoms with van der Waals surface area (Å²) in [6, 6.07) is 0. The lowest BCUT2D eigenvalue weighted by Gasteiger charge is -2.14. The van der Waals surface area contributed by atoms with E-state index in [1.54, 1.807) is 7.11 Å². The predicted octanol–water partition coefficient (Wildman–Crippen LogP) is 1.30. The zero-order valence-electron chi connectivity index (χ0n) is 15.3. The van der Waals surface area contributed by atoms with Gasteiger partial charge in [0.25, 0.3) is 0 Å². The third-order valence-electron chi connectivity index (χ3n) is 4.81. The third-order valence-corrected chi connectivity index (χ3v) is 4.81. The number of nitrogens with one attached hydrogen (secondary N) is 2. The molecule has 1 aliphatic carbocycles. The van der Waals surface area contributed by atoms with Crippen molar-refractivity contribution in [1.29, 1.82) is 0 Å². The highest BCUT2D eigenvalue weighted by atomic mass is 16.5. The highest BCUT2D eigenvalue weighted by Gasteiger charge is 2.24. The van der Waals surface area contributed by atoms with Gasteiger partial charge in [0, 0.05) is 45.0 Å². The molecule has 1 fully saturated rings. The molecule has 1 saturated carbocycles. The smallest absolute Gasteiger partial charge is 0.228 e. The fourth-order valence-corrected chi connectivity index (χ4v) is 3.28. The van der Waals surface area contributed by atoms with Gasteiger partial charge in [0.1, 0.15) is 18.2 Å². The molecule has 26 heavy (non-hydrogen) atoms. The van der Waals surface area contributed by atoms with Gasteiger partial charge in [0.15, 0.2) is 5.82 Å². The number of methoxy groups -OCH3 is 1. The number of hydrogen-bond acceptors (Lipinski definition) is 8. The molecular formula is C18H26N6O2. The monoisotopic (exact) mass is 358 g/mol. The van der Waals surface area contributed by atoms with Crippen LogP contribution >= 0.6 is 0 Å². The van der Waals surface area contributed by atoms with Gasteiger partial charge < -0.3 is 19.9 Å². The molecule has 140 valence electrons. The van der Waals surface area contributed by atoms with Crippen molar-refractivity contribution in [3.8, 4) is 0 Å². The maximum atomic E-state index is 5.25. The van der Waals surface area contributed by atoms with Gasteiger partial charge >= 0.3 is 0 Å². The van der Waals surface area contributed by atoms with Gasteiger partial charge in [-0.1, -0.05) is 5.16 Å². The van der Waals surface area contributed by atoms with Crippen molar-refractivity contribution < 1.29 is 9.26 Å². The lowest BCUT2D eigenvalue weighted by atomic mass is 10.1. The van der Waals surface area contributed by atoms with Crippen molar-refractivity contribution >= 4 is 5.82 Å². The fourth-order valence-electron chi connectivity index (χ4n) is 3.28. The quantitative estimate of drug-likeness (QED) is 0.729. The fraction of sp³-hybridized carbons (Fsp3) is 0.667. The van der Waals surface area contributed by atoms with E-state index in [1.807, 2.05) is 0 Å². The van der Waals surface area contributed by atoms with Gasteiger partial charge in [-0.05, 0) is 31.7 Å². The number of ether oxygens (including phenoxy) is 1.